The van der Waals surface area contributed by atoms with Gasteiger partial charge in [0.15, 0.2) is 0 Å². The molecule has 124 valence electrons. The van der Waals surface area contributed by atoms with E-state index in [9.17, 15) is 9.59 Å². The first-order chi connectivity index (χ1) is 11.2. The van der Waals surface area contributed by atoms with Crippen LogP contribution in [-0.4, -0.2) is 50.4 Å². The molecule has 1 amide bonds. The summed E-state index contributed by atoms with van der Waals surface area (Å²) >= 11 is 0. The molecule has 1 saturated carbocycles. The van der Waals surface area contributed by atoms with Crippen LogP contribution in [-0.2, 0) is 14.2 Å². The lowest BCUT2D eigenvalue weighted by atomic mass is 9.89. The molecule has 2 aliphatic rings. The normalized spacial score (nSPS) is 26.9. The van der Waals surface area contributed by atoms with E-state index in [1.165, 1.54) is 7.11 Å². The Morgan fingerprint density at radius 2 is 1.70 bits per heavy atom. The molecule has 1 saturated heterocycles. The Morgan fingerprint density at radius 3 is 2.39 bits per heavy atom. The van der Waals surface area contributed by atoms with Gasteiger partial charge in [-0.2, -0.15) is 0 Å². The number of carbonyl (C=O) groups is 2. The van der Waals surface area contributed by atoms with Crippen LogP contribution < -0.4 is 5.32 Å². The Bertz CT molecular complexity index is 571. The third-order valence-electron chi connectivity index (χ3n) is 4.38. The van der Waals surface area contributed by atoms with Crippen molar-refractivity contribution >= 4 is 11.9 Å². The number of hydrogen-bond donors (Lipinski definition) is 1. The summed E-state index contributed by atoms with van der Waals surface area (Å²) in [4.78, 5) is 23.7. The fourth-order valence-corrected chi connectivity index (χ4v) is 3.14. The Morgan fingerprint density at radius 1 is 1.04 bits per heavy atom. The zero-order valence-electron chi connectivity index (χ0n) is 13.1. The third-order valence-corrected chi connectivity index (χ3v) is 4.38. The molecule has 6 nitrogen and oxygen atoms in total. The zero-order chi connectivity index (χ0) is 16.2. The van der Waals surface area contributed by atoms with Crippen molar-refractivity contribution in [2.75, 3.05) is 20.3 Å². The molecular weight excluding hydrogens is 298 g/mol. The van der Waals surface area contributed by atoms with E-state index in [0.29, 0.717) is 24.3 Å². The van der Waals surface area contributed by atoms with Crippen LogP contribution in [0.15, 0.2) is 24.3 Å². The van der Waals surface area contributed by atoms with Crippen molar-refractivity contribution in [1.29, 1.82) is 0 Å². The molecule has 0 aromatic heterocycles. The number of rotatable bonds is 3. The van der Waals surface area contributed by atoms with E-state index in [2.05, 4.69) is 10.1 Å². The predicted octanol–water partition coefficient (Wildman–Crippen LogP) is 1.54. The van der Waals surface area contributed by atoms with Gasteiger partial charge < -0.3 is 19.5 Å². The van der Waals surface area contributed by atoms with Gasteiger partial charge in [-0.25, -0.2) is 4.79 Å². The van der Waals surface area contributed by atoms with Crippen LogP contribution in [0, 0.1) is 0 Å². The Hall–Kier alpha value is -1.92. The number of fused-ring (bicyclic) bond motifs is 1. The van der Waals surface area contributed by atoms with Gasteiger partial charge in [0, 0.05) is 11.6 Å². The summed E-state index contributed by atoms with van der Waals surface area (Å²) in [5.74, 6) is -0.550. The lowest BCUT2D eigenvalue weighted by Crippen LogP contribution is -2.49. The molecule has 1 aliphatic carbocycles. The van der Waals surface area contributed by atoms with Crippen molar-refractivity contribution in [3.05, 3.63) is 35.4 Å². The van der Waals surface area contributed by atoms with Gasteiger partial charge in [-0.15, -0.1) is 0 Å². The van der Waals surface area contributed by atoms with E-state index in [0.717, 1.165) is 19.3 Å². The smallest absolute Gasteiger partial charge is 0.337 e. The highest BCUT2D eigenvalue weighted by molar-refractivity contribution is 5.96. The van der Waals surface area contributed by atoms with Gasteiger partial charge in [-0.05, 0) is 43.5 Å². The summed E-state index contributed by atoms with van der Waals surface area (Å²) in [7, 11) is 1.33. The molecule has 0 radical (unpaired) electrons. The largest absolute Gasteiger partial charge is 0.465 e. The maximum absolute atomic E-state index is 12.3. The van der Waals surface area contributed by atoms with Gasteiger partial charge in [-0.3, -0.25) is 4.79 Å². The minimum absolute atomic E-state index is 0.0736. The van der Waals surface area contributed by atoms with Gasteiger partial charge in [0.05, 0.1) is 38.1 Å². The number of benzene rings is 1. The lowest BCUT2D eigenvalue weighted by Gasteiger charge is -2.39. The summed E-state index contributed by atoms with van der Waals surface area (Å²) in [5, 5.41) is 3.04. The van der Waals surface area contributed by atoms with Crippen molar-refractivity contribution in [3.63, 3.8) is 0 Å². The number of methoxy groups -OCH3 is 1. The van der Waals surface area contributed by atoms with Crippen molar-refractivity contribution in [1.82, 2.24) is 5.32 Å². The molecule has 1 aromatic carbocycles. The molecule has 6 heteroatoms. The molecule has 2 fully saturated rings. The molecular formula is C17H21NO5. The van der Waals surface area contributed by atoms with E-state index < -0.39 is 5.97 Å². The van der Waals surface area contributed by atoms with Crippen LogP contribution in [0.5, 0.6) is 0 Å². The highest BCUT2D eigenvalue weighted by atomic mass is 16.6. The minimum atomic E-state index is -0.412. The second-order valence-corrected chi connectivity index (χ2v) is 5.87. The summed E-state index contributed by atoms with van der Waals surface area (Å²) in [6.07, 6.45) is 2.80. The monoisotopic (exact) mass is 319 g/mol. The van der Waals surface area contributed by atoms with Crippen molar-refractivity contribution < 1.29 is 23.8 Å². The standard InChI is InChI=1S/C17H21NO5/c1-21-17(20)12-4-2-11(3-5-12)16(19)18-13-6-7-14-15(10-13)23-9-8-22-14/h2-5,13-15H,6-10H2,1H3,(H,18,19)/t13-,14-,15+/m1/s1. The zero-order valence-corrected chi connectivity index (χ0v) is 13.1. The molecule has 1 N–H and O–H groups in total. The number of esters is 1. The number of ether oxygens (including phenoxy) is 3. The fraction of sp³-hybridized carbons (Fsp3) is 0.529. The van der Waals surface area contributed by atoms with Gasteiger partial charge >= 0.3 is 5.97 Å². The quantitative estimate of drug-likeness (QED) is 0.856. The first kappa shape index (κ1) is 16.0. The van der Waals surface area contributed by atoms with E-state index in [1.54, 1.807) is 24.3 Å². The van der Waals surface area contributed by atoms with Gasteiger partial charge in [0.1, 0.15) is 0 Å². The molecule has 0 spiro atoms. The Labute approximate surface area is 135 Å². The Balaban J connectivity index is 1.57. The molecule has 1 aliphatic heterocycles. The predicted molar refractivity (Wildman–Crippen MR) is 82.4 cm³/mol. The van der Waals surface area contributed by atoms with Gasteiger partial charge in [0.2, 0.25) is 0 Å². The maximum atomic E-state index is 12.3. The minimum Gasteiger partial charge on any atom is -0.465 e. The van der Waals surface area contributed by atoms with E-state index in [-0.39, 0.29) is 24.2 Å². The summed E-state index contributed by atoms with van der Waals surface area (Å²) in [5.41, 5.74) is 0.956. The van der Waals surface area contributed by atoms with Crippen LogP contribution in [0.1, 0.15) is 40.0 Å². The number of carbonyl (C=O) groups excluding carboxylic acids is 2. The molecule has 1 heterocycles. The van der Waals surface area contributed by atoms with Crippen molar-refractivity contribution in [2.45, 2.75) is 37.5 Å². The topological polar surface area (TPSA) is 73.9 Å². The summed E-state index contributed by atoms with van der Waals surface area (Å²) < 4.78 is 16.1. The SMILES string of the molecule is COC(=O)c1ccc(C(=O)N[C@@H]2CC[C@H]3OCCO[C@H]3C2)cc1. The van der Waals surface area contributed by atoms with Crippen molar-refractivity contribution in [2.24, 2.45) is 0 Å². The van der Waals surface area contributed by atoms with E-state index in [1.807, 2.05) is 0 Å². The molecule has 3 rings (SSSR count). The molecule has 3 atom stereocenters. The third kappa shape index (κ3) is 3.71. The second kappa shape index (κ2) is 7.10. The van der Waals surface area contributed by atoms with E-state index >= 15 is 0 Å². The average Bonchev–Trinajstić information content (AvgIpc) is 2.61. The molecule has 23 heavy (non-hydrogen) atoms. The number of amides is 1. The van der Waals surface area contributed by atoms with Gasteiger partial charge in [-0.1, -0.05) is 0 Å². The van der Waals surface area contributed by atoms with Crippen LogP contribution >= 0.6 is 0 Å². The molecule has 1 aromatic rings. The molecule has 0 unspecified atom stereocenters. The van der Waals surface area contributed by atoms with Crippen LogP contribution in [0.3, 0.4) is 0 Å². The highest BCUT2D eigenvalue weighted by Gasteiger charge is 2.34. The first-order valence-corrected chi connectivity index (χ1v) is 7.90. The highest BCUT2D eigenvalue weighted by Crippen LogP contribution is 2.27. The summed E-state index contributed by atoms with van der Waals surface area (Å²) in [6.45, 7) is 1.28. The lowest BCUT2D eigenvalue weighted by molar-refractivity contribution is -0.157. The van der Waals surface area contributed by atoms with E-state index in [4.69, 9.17) is 9.47 Å². The first-order valence-electron chi connectivity index (χ1n) is 7.90. The summed E-state index contributed by atoms with van der Waals surface area (Å²) in [6, 6.07) is 6.54. The van der Waals surface area contributed by atoms with Crippen LogP contribution in [0.25, 0.3) is 0 Å². The molecule has 0 bridgehead atoms. The van der Waals surface area contributed by atoms with Crippen molar-refractivity contribution in [3.8, 4) is 0 Å². The van der Waals surface area contributed by atoms with Crippen LogP contribution in [0.2, 0.25) is 0 Å². The van der Waals surface area contributed by atoms with Gasteiger partial charge in [0.25, 0.3) is 5.91 Å². The average molecular weight is 319 g/mol. The Kier molecular flexibility index (Phi) is 4.93. The number of hydrogen-bond acceptors (Lipinski definition) is 5. The number of nitrogens with one attached hydrogen (secondary N) is 1. The second-order valence-electron chi connectivity index (χ2n) is 5.87. The fourth-order valence-electron chi connectivity index (χ4n) is 3.14. The van der Waals surface area contributed by atoms with Crippen LogP contribution in [0.4, 0.5) is 0 Å². The maximum Gasteiger partial charge on any atom is 0.337 e.